The van der Waals surface area contributed by atoms with E-state index in [1.807, 2.05) is 0 Å². The highest BCUT2D eigenvalue weighted by molar-refractivity contribution is 5.77. The summed E-state index contributed by atoms with van der Waals surface area (Å²) >= 11 is 0. The van der Waals surface area contributed by atoms with Crippen molar-refractivity contribution >= 4 is 5.97 Å². The van der Waals surface area contributed by atoms with Crippen molar-refractivity contribution in [1.29, 1.82) is 0 Å². The van der Waals surface area contributed by atoms with E-state index in [-0.39, 0.29) is 23.8 Å². The van der Waals surface area contributed by atoms with Crippen LogP contribution in [0.1, 0.15) is 78.1 Å². The zero-order valence-electron chi connectivity index (χ0n) is 15.1. The van der Waals surface area contributed by atoms with Crippen molar-refractivity contribution in [3.8, 4) is 0 Å². The fourth-order valence-corrected chi connectivity index (χ4v) is 4.57. The molecule has 2 aliphatic carbocycles. The van der Waals surface area contributed by atoms with E-state index >= 15 is 0 Å². The van der Waals surface area contributed by atoms with E-state index in [1.165, 1.54) is 51.4 Å². The average Bonchev–Trinajstić information content (AvgIpc) is 2.60. The van der Waals surface area contributed by atoms with Crippen LogP contribution in [0.15, 0.2) is 0 Å². The van der Waals surface area contributed by atoms with Gasteiger partial charge in [-0.1, -0.05) is 52.4 Å². The second kappa shape index (κ2) is 10.6. The highest BCUT2D eigenvalue weighted by Crippen LogP contribution is 2.49. The number of esters is 1. The molecule has 2 fully saturated rings. The first-order chi connectivity index (χ1) is 10.7. The van der Waals surface area contributed by atoms with Crippen molar-refractivity contribution in [1.82, 2.24) is 4.90 Å². The molecule has 0 aromatic rings. The number of likely N-dealkylation sites (N-methyl/N-ethyl adjacent to an activating group) is 1. The fraction of sp³-hybridized carbons (Fsp3) is 0.947. The van der Waals surface area contributed by atoms with Gasteiger partial charge in [0.15, 0.2) is 0 Å². The summed E-state index contributed by atoms with van der Waals surface area (Å²) in [5, 5.41) is 0. The predicted molar refractivity (Wildman–Crippen MR) is 90.8 cm³/mol. The summed E-state index contributed by atoms with van der Waals surface area (Å²) in [6.07, 6.45) is 12.3. The second-order valence-electron chi connectivity index (χ2n) is 7.21. The van der Waals surface area contributed by atoms with Crippen molar-refractivity contribution in [2.45, 2.75) is 78.1 Å². The third-order valence-electron chi connectivity index (χ3n) is 6.07. The molecule has 136 valence electrons. The van der Waals surface area contributed by atoms with Gasteiger partial charge in [0.1, 0.15) is 6.61 Å². The van der Waals surface area contributed by atoms with Crippen LogP contribution in [0.3, 0.4) is 0 Å². The molecule has 0 amide bonds. The number of hydrogen-bond acceptors (Lipinski definition) is 3. The molecule has 4 heteroatoms. The summed E-state index contributed by atoms with van der Waals surface area (Å²) in [5.74, 6) is 0.716. The Morgan fingerprint density at radius 3 is 2.13 bits per heavy atom. The Bertz CT molecular complexity index is 332. The maximum atomic E-state index is 12.9. The Hall–Kier alpha value is -0.280. The Kier molecular flexibility index (Phi) is 9.53. The van der Waals surface area contributed by atoms with Gasteiger partial charge in [0, 0.05) is 6.54 Å². The summed E-state index contributed by atoms with van der Waals surface area (Å²) in [4.78, 5) is 15.3. The van der Waals surface area contributed by atoms with Crippen LogP contribution in [0.4, 0.5) is 0 Å². The maximum absolute atomic E-state index is 12.9. The molecule has 0 aromatic carbocycles. The lowest BCUT2D eigenvalue weighted by molar-refractivity contribution is -0.164. The van der Waals surface area contributed by atoms with Crippen molar-refractivity contribution in [2.24, 2.45) is 11.3 Å². The molecule has 0 bridgehead atoms. The van der Waals surface area contributed by atoms with Crippen LogP contribution in [-0.4, -0.2) is 37.1 Å². The minimum atomic E-state index is -0.137. The van der Waals surface area contributed by atoms with E-state index in [4.69, 9.17) is 4.74 Å². The Balaban J connectivity index is 0.00000264. The van der Waals surface area contributed by atoms with Crippen LogP contribution in [0.25, 0.3) is 0 Å². The zero-order chi connectivity index (χ0) is 15.8. The van der Waals surface area contributed by atoms with Crippen LogP contribution in [0.2, 0.25) is 0 Å². The molecular formula is C19H35ClNO2-. The number of carbonyl (C=O) groups is 1. The number of nitrogens with zero attached hydrogens (tertiary/aromatic N) is 1. The first-order valence-electron chi connectivity index (χ1n) is 9.62. The third-order valence-corrected chi connectivity index (χ3v) is 6.07. The van der Waals surface area contributed by atoms with E-state index in [2.05, 4.69) is 18.7 Å². The summed E-state index contributed by atoms with van der Waals surface area (Å²) in [6, 6.07) is 0. The van der Waals surface area contributed by atoms with Crippen LogP contribution >= 0.6 is 0 Å². The van der Waals surface area contributed by atoms with Crippen molar-refractivity contribution < 1.29 is 21.9 Å². The summed E-state index contributed by atoms with van der Waals surface area (Å²) < 4.78 is 5.79. The fourth-order valence-electron chi connectivity index (χ4n) is 4.57. The molecule has 0 aliphatic heterocycles. The monoisotopic (exact) mass is 344 g/mol. The standard InChI is InChI=1S/C19H35NO2.ClH/c1-3-20(4-2)15-16-22-18(21)19(13-9-6-10-14-19)17-11-7-5-8-12-17;/h17H,3-16H2,1-2H3;1H/p-1. The third kappa shape index (κ3) is 5.35. The molecule has 0 radical (unpaired) electrons. The van der Waals surface area contributed by atoms with Crippen LogP contribution < -0.4 is 12.4 Å². The summed E-state index contributed by atoms with van der Waals surface area (Å²) in [6.45, 7) is 7.82. The summed E-state index contributed by atoms with van der Waals surface area (Å²) in [7, 11) is 0. The first-order valence-corrected chi connectivity index (χ1v) is 9.62. The van der Waals surface area contributed by atoms with Gasteiger partial charge in [-0.15, -0.1) is 0 Å². The highest BCUT2D eigenvalue weighted by Gasteiger charge is 2.47. The first kappa shape index (κ1) is 20.8. The summed E-state index contributed by atoms with van der Waals surface area (Å²) in [5.41, 5.74) is -0.137. The molecule has 0 N–H and O–H groups in total. The SMILES string of the molecule is CCN(CC)CCOC(=O)C1(C2CCCCC2)CCCCC1.[Cl-]. The number of hydrogen-bond donors (Lipinski definition) is 0. The van der Waals surface area contributed by atoms with Gasteiger partial charge < -0.3 is 22.0 Å². The van der Waals surface area contributed by atoms with Gasteiger partial charge >= 0.3 is 5.97 Å². The predicted octanol–water partition coefficient (Wildman–Crippen LogP) is 1.41. The Morgan fingerprint density at radius 2 is 1.57 bits per heavy atom. The van der Waals surface area contributed by atoms with Gasteiger partial charge in [0.25, 0.3) is 0 Å². The van der Waals surface area contributed by atoms with Crippen LogP contribution in [0, 0.1) is 11.3 Å². The molecule has 3 nitrogen and oxygen atoms in total. The van der Waals surface area contributed by atoms with Crippen molar-refractivity contribution in [3.05, 3.63) is 0 Å². The second-order valence-corrected chi connectivity index (χ2v) is 7.21. The molecule has 0 spiro atoms. The van der Waals surface area contributed by atoms with Gasteiger partial charge in [-0.05, 0) is 44.7 Å². The van der Waals surface area contributed by atoms with Gasteiger partial charge in [0.2, 0.25) is 0 Å². The minimum absolute atomic E-state index is 0. The van der Waals surface area contributed by atoms with E-state index in [9.17, 15) is 4.79 Å². The lowest BCUT2D eigenvalue weighted by Gasteiger charge is -2.43. The van der Waals surface area contributed by atoms with Crippen molar-refractivity contribution in [3.63, 3.8) is 0 Å². The number of halogens is 1. The van der Waals surface area contributed by atoms with Gasteiger partial charge in [-0.3, -0.25) is 4.79 Å². The van der Waals surface area contributed by atoms with Gasteiger partial charge in [0.05, 0.1) is 5.41 Å². The van der Waals surface area contributed by atoms with Crippen molar-refractivity contribution in [2.75, 3.05) is 26.2 Å². The van der Waals surface area contributed by atoms with E-state index < -0.39 is 0 Å². The minimum Gasteiger partial charge on any atom is -1.00 e. The number of ether oxygens (including phenoxy) is 1. The molecule has 2 rings (SSSR count). The molecule has 2 aliphatic rings. The van der Waals surface area contributed by atoms with E-state index in [1.54, 1.807) is 0 Å². The quantitative estimate of drug-likeness (QED) is 0.654. The van der Waals surface area contributed by atoms with Crippen LogP contribution in [-0.2, 0) is 9.53 Å². The molecule has 2 saturated carbocycles. The molecule has 23 heavy (non-hydrogen) atoms. The maximum Gasteiger partial charge on any atom is 0.312 e. The zero-order valence-corrected chi connectivity index (χ0v) is 15.9. The molecule has 0 saturated heterocycles. The van der Waals surface area contributed by atoms with E-state index in [0.717, 1.165) is 32.5 Å². The van der Waals surface area contributed by atoms with Crippen LogP contribution in [0.5, 0.6) is 0 Å². The Labute approximate surface area is 148 Å². The number of rotatable bonds is 7. The lowest BCUT2D eigenvalue weighted by Crippen LogP contribution is -3.00. The topological polar surface area (TPSA) is 29.5 Å². The van der Waals surface area contributed by atoms with E-state index in [0.29, 0.717) is 12.5 Å². The number of carbonyl (C=O) groups excluding carboxylic acids is 1. The lowest BCUT2D eigenvalue weighted by atomic mass is 9.62. The molecule has 0 aromatic heterocycles. The Morgan fingerprint density at radius 1 is 1.00 bits per heavy atom. The average molecular weight is 345 g/mol. The van der Waals surface area contributed by atoms with Gasteiger partial charge in [-0.25, -0.2) is 0 Å². The van der Waals surface area contributed by atoms with Gasteiger partial charge in [-0.2, -0.15) is 0 Å². The molecule has 0 atom stereocenters. The largest absolute Gasteiger partial charge is 1.00 e. The molecular weight excluding hydrogens is 310 g/mol. The molecule has 0 heterocycles. The normalized spacial score (nSPS) is 21.7. The highest BCUT2D eigenvalue weighted by atomic mass is 35.5. The molecule has 0 unspecified atom stereocenters. The smallest absolute Gasteiger partial charge is 0.312 e.